The van der Waals surface area contributed by atoms with Crippen molar-refractivity contribution in [2.75, 3.05) is 18.5 Å². The monoisotopic (exact) mass is 277 g/mol. The Morgan fingerprint density at radius 1 is 1.55 bits per heavy atom. The number of anilines is 1. The molecule has 20 heavy (non-hydrogen) atoms. The number of amides is 1. The maximum absolute atomic E-state index is 12.0. The lowest BCUT2D eigenvalue weighted by Gasteiger charge is -2.13. The van der Waals surface area contributed by atoms with Crippen molar-refractivity contribution in [1.29, 1.82) is 0 Å². The van der Waals surface area contributed by atoms with Crippen LogP contribution >= 0.6 is 0 Å². The molecule has 1 aliphatic rings. The third kappa shape index (κ3) is 4.20. The summed E-state index contributed by atoms with van der Waals surface area (Å²) in [4.78, 5) is 16.2. The van der Waals surface area contributed by atoms with Crippen LogP contribution in [0.25, 0.3) is 0 Å². The normalized spacial score (nSPS) is 19.6. The van der Waals surface area contributed by atoms with Gasteiger partial charge in [-0.05, 0) is 38.3 Å². The zero-order valence-electron chi connectivity index (χ0n) is 12.2. The van der Waals surface area contributed by atoms with Crippen molar-refractivity contribution >= 4 is 11.7 Å². The summed E-state index contributed by atoms with van der Waals surface area (Å²) in [6.07, 6.45) is 4.91. The Kier molecular flexibility index (Phi) is 5.35. The van der Waals surface area contributed by atoms with Gasteiger partial charge < -0.3 is 15.4 Å². The van der Waals surface area contributed by atoms with E-state index >= 15 is 0 Å². The second-order valence-electron chi connectivity index (χ2n) is 5.23. The van der Waals surface area contributed by atoms with Crippen LogP contribution in [0, 0.1) is 0 Å². The molecule has 1 aromatic heterocycles. The number of aromatic nitrogens is 1. The minimum absolute atomic E-state index is 0.0944. The predicted molar refractivity (Wildman–Crippen MR) is 78.9 cm³/mol. The molecule has 2 atom stereocenters. The number of nitrogens with zero attached hydrogens (tertiary/aromatic N) is 1. The maximum atomic E-state index is 12.0. The summed E-state index contributed by atoms with van der Waals surface area (Å²) >= 11 is 0. The van der Waals surface area contributed by atoms with Crippen molar-refractivity contribution in [3.8, 4) is 0 Å². The molecule has 0 spiro atoms. The van der Waals surface area contributed by atoms with Crippen molar-refractivity contribution in [1.82, 2.24) is 10.3 Å². The van der Waals surface area contributed by atoms with E-state index in [1.807, 2.05) is 6.07 Å². The average Bonchev–Trinajstić information content (AvgIpc) is 2.98. The number of nitrogens with one attached hydrogen (secondary N) is 2. The number of hydrogen-bond donors (Lipinski definition) is 2. The number of pyridine rings is 1. The van der Waals surface area contributed by atoms with Crippen LogP contribution < -0.4 is 10.6 Å². The molecule has 1 saturated heterocycles. The largest absolute Gasteiger partial charge is 0.376 e. The lowest BCUT2D eigenvalue weighted by molar-refractivity contribution is 0.0857. The van der Waals surface area contributed by atoms with Gasteiger partial charge in [0.1, 0.15) is 5.82 Å². The summed E-state index contributed by atoms with van der Waals surface area (Å²) in [5.41, 5.74) is 0.581. The van der Waals surface area contributed by atoms with Gasteiger partial charge in [-0.2, -0.15) is 0 Å². The molecule has 2 N–H and O–H groups in total. The smallest absolute Gasteiger partial charge is 0.252 e. The van der Waals surface area contributed by atoms with Gasteiger partial charge >= 0.3 is 0 Å². The van der Waals surface area contributed by atoms with Crippen molar-refractivity contribution in [2.24, 2.45) is 0 Å². The highest BCUT2D eigenvalue weighted by molar-refractivity contribution is 5.94. The fourth-order valence-electron chi connectivity index (χ4n) is 2.08. The first-order chi connectivity index (χ1) is 9.69. The van der Waals surface area contributed by atoms with Crippen molar-refractivity contribution in [2.45, 2.75) is 45.3 Å². The van der Waals surface area contributed by atoms with Gasteiger partial charge in [-0.25, -0.2) is 4.98 Å². The first-order valence-electron chi connectivity index (χ1n) is 7.31. The second kappa shape index (κ2) is 7.24. The molecule has 1 fully saturated rings. The quantitative estimate of drug-likeness (QED) is 0.836. The van der Waals surface area contributed by atoms with Gasteiger partial charge in [-0.3, -0.25) is 4.79 Å². The number of rotatable bonds is 6. The van der Waals surface area contributed by atoms with Gasteiger partial charge in [0.15, 0.2) is 0 Å². The highest BCUT2D eigenvalue weighted by Crippen LogP contribution is 2.11. The number of ether oxygens (including phenoxy) is 1. The van der Waals surface area contributed by atoms with Crippen LogP contribution in [0.15, 0.2) is 18.3 Å². The maximum Gasteiger partial charge on any atom is 0.252 e. The molecule has 1 amide bonds. The zero-order chi connectivity index (χ0) is 14.4. The molecule has 0 bridgehead atoms. The van der Waals surface area contributed by atoms with Gasteiger partial charge in [-0.1, -0.05) is 6.92 Å². The minimum Gasteiger partial charge on any atom is -0.376 e. The first kappa shape index (κ1) is 14.8. The van der Waals surface area contributed by atoms with Crippen LogP contribution in [-0.4, -0.2) is 36.2 Å². The van der Waals surface area contributed by atoms with Crippen LogP contribution in [0.1, 0.15) is 43.5 Å². The molecule has 0 saturated carbocycles. The van der Waals surface area contributed by atoms with Crippen molar-refractivity contribution in [3.63, 3.8) is 0 Å². The molecule has 2 heterocycles. The van der Waals surface area contributed by atoms with Crippen LogP contribution in [0.5, 0.6) is 0 Å². The molecule has 0 aromatic carbocycles. The van der Waals surface area contributed by atoms with Gasteiger partial charge in [0.2, 0.25) is 0 Å². The van der Waals surface area contributed by atoms with E-state index in [1.165, 1.54) is 0 Å². The Bertz CT molecular complexity index is 427. The van der Waals surface area contributed by atoms with Crippen molar-refractivity contribution < 1.29 is 9.53 Å². The topological polar surface area (TPSA) is 63.2 Å². The van der Waals surface area contributed by atoms with E-state index in [0.29, 0.717) is 18.2 Å². The molecule has 1 aromatic rings. The molecule has 2 rings (SSSR count). The van der Waals surface area contributed by atoms with Crippen LogP contribution in [-0.2, 0) is 4.74 Å². The summed E-state index contributed by atoms with van der Waals surface area (Å²) < 4.78 is 5.47. The van der Waals surface area contributed by atoms with Gasteiger partial charge in [0, 0.05) is 25.4 Å². The molecular formula is C15H23N3O2. The lowest BCUT2D eigenvalue weighted by Crippen LogP contribution is -2.31. The standard InChI is InChI=1S/C15H23N3O2/c1-3-11(2)18-14-7-6-12(9-16-14)15(19)17-10-13-5-4-8-20-13/h6-7,9,11,13H,3-5,8,10H2,1-2H3,(H,16,18)(H,17,19). The summed E-state index contributed by atoms with van der Waals surface area (Å²) in [5.74, 6) is 0.707. The second-order valence-corrected chi connectivity index (χ2v) is 5.23. The highest BCUT2D eigenvalue weighted by Gasteiger charge is 2.16. The molecular weight excluding hydrogens is 254 g/mol. The Morgan fingerprint density at radius 3 is 3.00 bits per heavy atom. The number of carbonyl (C=O) groups excluding carboxylic acids is 1. The molecule has 2 unspecified atom stereocenters. The van der Waals surface area contributed by atoms with Crippen LogP contribution in [0.4, 0.5) is 5.82 Å². The molecule has 110 valence electrons. The third-order valence-corrected chi connectivity index (χ3v) is 3.55. The van der Waals surface area contributed by atoms with Crippen molar-refractivity contribution in [3.05, 3.63) is 23.9 Å². The van der Waals surface area contributed by atoms with E-state index in [-0.39, 0.29) is 12.0 Å². The molecule has 0 radical (unpaired) electrons. The molecule has 1 aliphatic heterocycles. The van der Waals surface area contributed by atoms with E-state index in [2.05, 4.69) is 29.5 Å². The Labute approximate surface area is 120 Å². The minimum atomic E-state index is -0.0944. The zero-order valence-corrected chi connectivity index (χ0v) is 12.2. The van der Waals surface area contributed by atoms with E-state index < -0.39 is 0 Å². The Balaban J connectivity index is 1.83. The summed E-state index contributed by atoms with van der Waals surface area (Å²) in [6, 6.07) is 4.01. The summed E-state index contributed by atoms with van der Waals surface area (Å²) in [7, 11) is 0. The highest BCUT2D eigenvalue weighted by atomic mass is 16.5. The van der Waals surface area contributed by atoms with Gasteiger partial charge in [0.05, 0.1) is 11.7 Å². The van der Waals surface area contributed by atoms with Crippen LogP contribution in [0.2, 0.25) is 0 Å². The Hall–Kier alpha value is -1.62. The third-order valence-electron chi connectivity index (χ3n) is 3.55. The van der Waals surface area contributed by atoms with Gasteiger partial charge in [0.25, 0.3) is 5.91 Å². The predicted octanol–water partition coefficient (Wildman–Crippen LogP) is 2.20. The van der Waals surface area contributed by atoms with E-state index in [4.69, 9.17) is 4.74 Å². The average molecular weight is 277 g/mol. The summed E-state index contributed by atoms with van der Waals surface area (Å²) in [6.45, 7) is 5.60. The van der Waals surface area contributed by atoms with E-state index in [0.717, 1.165) is 31.7 Å². The van der Waals surface area contributed by atoms with E-state index in [1.54, 1.807) is 12.3 Å². The molecule has 5 nitrogen and oxygen atoms in total. The number of hydrogen-bond acceptors (Lipinski definition) is 4. The molecule has 5 heteroatoms. The van der Waals surface area contributed by atoms with Crippen LogP contribution in [0.3, 0.4) is 0 Å². The summed E-state index contributed by atoms with van der Waals surface area (Å²) in [5, 5.41) is 6.16. The Morgan fingerprint density at radius 2 is 2.40 bits per heavy atom. The fraction of sp³-hybridized carbons (Fsp3) is 0.600. The lowest BCUT2D eigenvalue weighted by atomic mass is 10.2. The first-order valence-corrected chi connectivity index (χ1v) is 7.31. The fourth-order valence-corrected chi connectivity index (χ4v) is 2.08. The number of carbonyl (C=O) groups is 1. The molecule has 0 aliphatic carbocycles. The SMILES string of the molecule is CCC(C)Nc1ccc(C(=O)NCC2CCCO2)cn1. The van der Waals surface area contributed by atoms with Gasteiger partial charge in [-0.15, -0.1) is 0 Å². The van der Waals surface area contributed by atoms with E-state index in [9.17, 15) is 4.79 Å².